The van der Waals surface area contributed by atoms with Gasteiger partial charge < -0.3 is 19.6 Å². The van der Waals surface area contributed by atoms with Crippen LogP contribution in [0.4, 0.5) is 5.69 Å². The number of carbonyl (C=O) groups is 2. The molecule has 6 rings (SSSR count). The van der Waals surface area contributed by atoms with E-state index in [-0.39, 0.29) is 35.6 Å². The van der Waals surface area contributed by atoms with Crippen LogP contribution in [-0.4, -0.2) is 67.3 Å². The molecule has 3 heterocycles. The molecule has 0 aromatic heterocycles. The van der Waals surface area contributed by atoms with Crippen molar-refractivity contribution in [3.8, 4) is 5.75 Å². The van der Waals surface area contributed by atoms with Crippen LogP contribution in [-0.2, 0) is 27.8 Å². The SMILES string of the molecule is C[C@@H]1[C@@H](C)CCC[C@](O)(CC(=O)N2CCC2)[C@@H]2CC[C@H]2CN2CCCCc3cc(Cl)ccc3COc3ccc(cc32)C(=O)NS1(=O)=O. The van der Waals surface area contributed by atoms with E-state index in [1.165, 1.54) is 0 Å². The number of fused-ring (bicyclic) bond motifs is 3. The van der Waals surface area contributed by atoms with Crippen LogP contribution < -0.4 is 14.4 Å². The van der Waals surface area contributed by atoms with Crippen molar-refractivity contribution in [3.63, 3.8) is 0 Å². The minimum absolute atomic E-state index is 0.00353. The Kier molecular flexibility index (Phi) is 10.1. The van der Waals surface area contributed by atoms with Crippen molar-refractivity contribution >= 4 is 39.1 Å². The molecule has 0 spiro atoms. The first-order valence-electron chi connectivity index (χ1n) is 17.3. The average Bonchev–Trinajstić information content (AvgIpc) is 3.00. The first-order valence-corrected chi connectivity index (χ1v) is 19.2. The summed E-state index contributed by atoms with van der Waals surface area (Å²) in [5, 5.41) is 12.2. The molecule has 256 valence electrons. The maximum Gasteiger partial charge on any atom is 0.264 e. The van der Waals surface area contributed by atoms with Crippen LogP contribution in [0.5, 0.6) is 5.75 Å². The number of amides is 2. The molecular formula is C36H48ClN3O6S. The Morgan fingerprint density at radius 1 is 1.02 bits per heavy atom. The Morgan fingerprint density at radius 3 is 2.55 bits per heavy atom. The quantitative estimate of drug-likeness (QED) is 0.416. The van der Waals surface area contributed by atoms with E-state index in [4.69, 9.17) is 16.3 Å². The number of rotatable bonds is 2. The van der Waals surface area contributed by atoms with Crippen LogP contribution in [0.2, 0.25) is 5.02 Å². The van der Waals surface area contributed by atoms with Crippen LogP contribution in [0.3, 0.4) is 0 Å². The van der Waals surface area contributed by atoms with Crippen LogP contribution in [0, 0.1) is 17.8 Å². The highest BCUT2D eigenvalue weighted by Gasteiger charge is 2.48. The average molecular weight is 686 g/mol. The van der Waals surface area contributed by atoms with Gasteiger partial charge >= 0.3 is 0 Å². The van der Waals surface area contributed by atoms with Crippen LogP contribution in [0.25, 0.3) is 0 Å². The Bertz CT molecular complexity index is 1600. The van der Waals surface area contributed by atoms with Gasteiger partial charge in [0.15, 0.2) is 0 Å². The molecule has 2 fully saturated rings. The van der Waals surface area contributed by atoms with E-state index in [0.717, 1.165) is 68.4 Å². The number of benzene rings is 2. The number of nitrogens with zero attached hydrogens (tertiary/aromatic N) is 2. The first kappa shape index (κ1) is 34.1. The molecule has 2 bridgehead atoms. The van der Waals surface area contributed by atoms with Crippen LogP contribution in [0.1, 0.15) is 93.1 Å². The lowest BCUT2D eigenvalue weighted by Crippen LogP contribution is -2.54. The molecule has 2 aromatic rings. The first-order chi connectivity index (χ1) is 22.4. The molecular weight excluding hydrogens is 638 g/mol. The third-order valence-electron chi connectivity index (χ3n) is 11.3. The highest BCUT2D eigenvalue weighted by Crippen LogP contribution is 2.48. The number of aryl methyl sites for hydroxylation is 1. The number of nitrogens with one attached hydrogen (secondary N) is 1. The number of aliphatic hydroxyl groups is 1. The Hall–Kier alpha value is -2.82. The summed E-state index contributed by atoms with van der Waals surface area (Å²) < 4.78 is 35.5. The molecule has 3 aliphatic heterocycles. The minimum atomic E-state index is -3.98. The second-order valence-corrected chi connectivity index (χ2v) is 16.8. The normalized spacial score (nSPS) is 29.8. The standard InChI is InChI=1S/C36H48ClN3O6S/c1-24-7-5-15-36(43,21-34(41)39-17-6-18-39)31-13-10-28(31)22-40-16-4-3-8-26-19-30(37)12-9-29(26)23-46-33-14-11-27(20-32(33)40)35(42)38-47(44,45)25(24)2/h9,11-12,14,19-20,24-25,28,31,43H,3-8,10,13,15-18,21-23H2,1-2H3,(H,38,42)/t24-,25+,28-,31+,36-/m0/s1. The van der Waals surface area contributed by atoms with Gasteiger partial charge in [0.25, 0.3) is 5.91 Å². The predicted octanol–water partition coefficient (Wildman–Crippen LogP) is 5.71. The summed E-state index contributed by atoms with van der Waals surface area (Å²) in [5.74, 6) is -0.209. The summed E-state index contributed by atoms with van der Waals surface area (Å²) in [5.41, 5.74) is 2.01. The molecule has 11 heteroatoms. The van der Waals surface area contributed by atoms with Crippen molar-refractivity contribution in [1.82, 2.24) is 9.62 Å². The molecule has 0 radical (unpaired) electrons. The van der Waals surface area contributed by atoms with E-state index in [1.807, 2.05) is 30.0 Å². The van der Waals surface area contributed by atoms with Gasteiger partial charge in [-0.1, -0.05) is 31.0 Å². The number of likely N-dealkylation sites (tertiary alicyclic amines) is 1. The molecule has 1 saturated carbocycles. The maximum atomic E-state index is 13.5. The van der Waals surface area contributed by atoms with Gasteiger partial charge in [-0.05, 0) is 118 Å². The lowest BCUT2D eigenvalue weighted by Gasteiger charge is -2.50. The lowest BCUT2D eigenvalue weighted by atomic mass is 9.62. The number of hydrogen-bond donors (Lipinski definition) is 2. The van der Waals surface area contributed by atoms with Crippen LogP contribution >= 0.6 is 11.6 Å². The summed E-state index contributed by atoms with van der Waals surface area (Å²) in [4.78, 5) is 30.8. The number of carbonyl (C=O) groups excluding carboxylic acids is 2. The van der Waals surface area contributed by atoms with Crippen molar-refractivity contribution in [2.75, 3.05) is 31.1 Å². The zero-order valence-electron chi connectivity index (χ0n) is 27.5. The number of ether oxygens (including phenoxy) is 1. The second kappa shape index (κ2) is 14.0. The van der Waals surface area contributed by atoms with E-state index in [2.05, 4.69) is 9.62 Å². The lowest BCUT2D eigenvalue weighted by molar-refractivity contribution is -0.149. The summed E-state index contributed by atoms with van der Waals surface area (Å²) in [6, 6.07) is 11.0. The van der Waals surface area contributed by atoms with Gasteiger partial charge in [0.2, 0.25) is 15.9 Å². The van der Waals surface area contributed by atoms with Crippen molar-refractivity contribution in [1.29, 1.82) is 0 Å². The molecule has 1 aliphatic carbocycles. The highest BCUT2D eigenvalue weighted by molar-refractivity contribution is 7.90. The molecule has 1 saturated heterocycles. The zero-order valence-corrected chi connectivity index (χ0v) is 29.1. The number of sulfonamides is 1. The molecule has 5 atom stereocenters. The van der Waals surface area contributed by atoms with E-state index in [9.17, 15) is 23.1 Å². The fourth-order valence-corrected chi connectivity index (χ4v) is 9.26. The summed E-state index contributed by atoms with van der Waals surface area (Å²) in [7, 11) is -3.98. The molecule has 47 heavy (non-hydrogen) atoms. The third kappa shape index (κ3) is 7.44. The topological polar surface area (TPSA) is 116 Å². The number of anilines is 1. The third-order valence-corrected chi connectivity index (χ3v) is 13.4. The largest absolute Gasteiger partial charge is 0.487 e. The number of hydrogen-bond acceptors (Lipinski definition) is 7. The fraction of sp³-hybridized carbons (Fsp3) is 0.611. The summed E-state index contributed by atoms with van der Waals surface area (Å²) >= 11 is 6.34. The molecule has 4 aliphatic rings. The predicted molar refractivity (Wildman–Crippen MR) is 183 cm³/mol. The molecule has 2 aromatic carbocycles. The van der Waals surface area contributed by atoms with Crippen molar-refractivity contribution in [2.45, 2.75) is 95.5 Å². The Labute approximate surface area is 284 Å². The van der Waals surface area contributed by atoms with Crippen molar-refractivity contribution in [2.24, 2.45) is 17.8 Å². The minimum Gasteiger partial charge on any atom is -0.487 e. The highest BCUT2D eigenvalue weighted by atomic mass is 35.5. The number of halogens is 1. The van der Waals surface area contributed by atoms with Gasteiger partial charge in [-0.15, -0.1) is 0 Å². The van der Waals surface area contributed by atoms with Gasteiger partial charge in [-0.3, -0.25) is 9.59 Å². The zero-order chi connectivity index (χ0) is 33.3. The van der Waals surface area contributed by atoms with Crippen molar-refractivity contribution < 1.29 is 27.9 Å². The van der Waals surface area contributed by atoms with Gasteiger partial charge in [0, 0.05) is 36.8 Å². The van der Waals surface area contributed by atoms with Gasteiger partial charge in [0.1, 0.15) is 12.4 Å². The van der Waals surface area contributed by atoms with Crippen LogP contribution in [0.15, 0.2) is 36.4 Å². The molecule has 0 unspecified atom stereocenters. The van der Waals surface area contributed by atoms with E-state index < -0.39 is 26.8 Å². The Morgan fingerprint density at radius 2 is 1.83 bits per heavy atom. The van der Waals surface area contributed by atoms with E-state index in [0.29, 0.717) is 49.7 Å². The monoisotopic (exact) mass is 685 g/mol. The second-order valence-electron chi connectivity index (χ2n) is 14.3. The Balaban J connectivity index is 1.37. The van der Waals surface area contributed by atoms with Crippen molar-refractivity contribution in [3.05, 3.63) is 58.1 Å². The van der Waals surface area contributed by atoms with E-state index >= 15 is 0 Å². The fourth-order valence-electron chi connectivity index (χ4n) is 7.75. The summed E-state index contributed by atoms with van der Waals surface area (Å²) in [6.45, 7) is 6.63. The van der Waals surface area contributed by atoms with E-state index in [1.54, 1.807) is 25.1 Å². The molecule has 2 amide bonds. The maximum absolute atomic E-state index is 13.5. The molecule has 9 nitrogen and oxygen atoms in total. The van der Waals surface area contributed by atoms with Gasteiger partial charge in [-0.25, -0.2) is 13.1 Å². The van der Waals surface area contributed by atoms with Gasteiger partial charge in [0.05, 0.1) is 23.0 Å². The molecule has 2 N–H and O–H groups in total. The summed E-state index contributed by atoms with van der Waals surface area (Å²) in [6.07, 6.45) is 7.10. The smallest absolute Gasteiger partial charge is 0.264 e. The van der Waals surface area contributed by atoms with Gasteiger partial charge in [-0.2, -0.15) is 0 Å².